The van der Waals surface area contributed by atoms with Crippen LogP contribution in [-0.2, 0) is 0 Å². The van der Waals surface area contributed by atoms with Crippen molar-refractivity contribution in [3.05, 3.63) is 58.1 Å². The lowest BCUT2D eigenvalue weighted by Crippen LogP contribution is -1.93. The first-order chi connectivity index (χ1) is 8.97. The third kappa shape index (κ3) is 3.30. The van der Waals surface area contributed by atoms with E-state index in [4.69, 9.17) is 4.74 Å². The summed E-state index contributed by atoms with van der Waals surface area (Å²) in [7, 11) is 0. The normalized spacial score (nSPS) is 12.3. The molecule has 0 heterocycles. The molecule has 2 aromatic rings. The molecule has 2 nitrogen and oxygen atoms in total. The van der Waals surface area contributed by atoms with E-state index in [1.165, 1.54) is 6.07 Å². The SMILES string of the molecule is C[C@@H](O)c1ccc(Oc2ccc(F)c(F)c2)c(Br)c1. The van der Waals surface area contributed by atoms with Gasteiger partial charge >= 0.3 is 0 Å². The molecule has 0 bridgehead atoms. The number of halogens is 3. The van der Waals surface area contributed by atoms with Gasteiger partial charge in [-0.05, 0) is 52.7 Å². The van der Waals surface area contributed by atoms with Crippen LogP contribution in [0.1, 0.15) is 18.6 Å². The monoisotopic (exact) mass is 328 g/mol. The molecule has 0 amide bonds. The predicted molar refractivity (Wildman–Crippen MR) is 71.2 cm³/mol. The van der Waals surface area contributed by atoms with Crippen molar-refractivity contribution in [3.63, 3.8) is 0 Å². The highest BCUT2D eigenvalue weighted by Gasteiger charge is 2.09. The van der Waals surface area contributed by atoms with E-state index in [-0.39, 0.29) is 5.75 Å². The summed E-state index contributed by atoms with van der Waals surface area (Å²) in [6.07, 6.45) is -0.589. The van der Waals surface area contributed by atoms with E-state index in [1.807, 2.05) is 0 Å². The number of hydrogen-bond acceptors (Lipinski definition) is 2. The Hall–Kier alpha value is -1.46. The van der Waals surface area contributed by atoms with Gasteiger partial charge in [-0.2, -0.15) is 0 Å². The minimum Gasteiger partial charge on any atom is -0.456 e. The Balaban J connectivity index is 2.25. The highest BCUT2D eigenvalue weighted by Crippen LogP contribution is 2.32. The molecule has 1 N–H and O–H groups in total. The fraction of sp³-hybridized carbons (Fsp3) is 0.143. The first kappa shape index (κ1) is 14.0. The second-order valence-electron chi connectivity index (χ2n) is 4.04. The van der Waals surface area contributed by atoms with Gasteiger partial charge < -0.3 is 9.84 Å². The fourth-order valence-corrected chi connectivity index (χ4v) is 2.00. The smallest absolute Gasteiger partial charge is 0.162 e. The highest BCUT2D eigenvalue weighted by atomic mass is 79.9. The zero-order valence-corrected chi connectivity index (χ0v) is 11.6. The van der Waals surface area contributed by atoms with Crippen molar-refractivity contribution in [1.29, 1.82) is 0 Å². The van der Waals surface area contributed by atoms with E-state index in [1.54, 1.807) is 25.1 Å². The van der Waals surface area contributed by atoms with Gasteiger partial charge in [0.15, 0.2) is 11.6 Å². The molecule has 0 radical (unpaired) electrons. The predicted octanol–water partition coefficient (Wildman–Crippen LogP) is 4.57. The lowest BCUT2D eigenvalue weighted by Gasteiger charge is -2.11. The summed E-state index contributed by atoms with van der Waals surface area (Å²) < 4.78 is 31.9. The highest BCUT2D eigenvalue weighted by molar-refractivity contribution is 9.10. The number of aliphatic hydroxyl groups excluding tert-OH is 1. The van der Waals surface area contributed by atoms with Crippen molar-refractivity contribution in [2.24, 2.45) is 0 Å². The third-order valence-electron chi connectivity index (χ3n) is 2.56. The summed E-state index contributed by atoms with van der Waals surface area (Å²) >= 11 is 3.30. The maximum absolute atomic E-state index is 13.1. The largest absolute Gasteiger partial charge is 0.456 e. The van der Waals surface area contributed by atoms with Crippen molar-refractivity contribution < 1.29 is 18.6 Å². The lowest BCUT2D eigenvalue weighted by molar-refractivity contribution is 0.199. The quantitative estimate of drug-likeness (QED) is 0.894. The van der Waals surface area contributed by atoms with E-state index in [0.29, 0.717) is 10.2 Å². The molecular weight excluding hydrogens is 318 g/mol. The van der Waals surface area contributed by atoms with Crippen LogP contribution in [0.2, 0.25) is 0 Å². The fourth-order valence-electron chi connectivity index (χ4n) is 1.53. The minimum absolute atomic E-state index is 0.199. The Labute approximate surface area is 117 Å². The molecule has 100 valence electrons. The first-order valence-electron chi connectivity index (χ1n) is 5.58. The Morgan fingerprint density at radius 2 is 1.84 bits per heavy atom. The van der Waals surface area contributed by atoms with Crippen molar-refractivity contribution in [2.75, 3.05) is 0 Å². The maximum atomic E-state index is 13.1. The van der Waals surface area contributed by atoms with Gasteiger partial charge in [0.05, 0.1) is 10.6 Å². The van der Waals surface area contributed by atoms with E-state index in [0.717, 1.165) is 17.7 Å². The zero-order valence-electron chi connectivity index (χ0n) is 10.0. The van der Waals surface area contributed by atoms with Gasteiger partial charge in [0.1, 0.15) is 11.5 Å². The Morgan fingerprint density at radius 3 is 2.42 bits per heavy atom. The molecule has 0 aliphatic rings. The lowest BCUT2D eigenvalue weighted by atomic mass is 10.1. The molecule has 0 fully saturated rings. The minimum atomic E-state index is -0.964. The molecule has 2 aromatic carbocycles. The van der Waals surface area contributed by atoms with Crippen molar-refractivity contribution in [1.82, 2.24) is 0 Å². The summed E-state index contributed by atoms with van der Waals surface area (Å²) in [5.74, 6) is -1.23. The summed E-state index contributed by atoms with van der Waals surface area (Å²) in [6, 6.07) is 8.37. The van der Waals surface area contributed by atoms with Gasteiger partial charge in [0.25, 0.3) is 0 Å². The maximum Gasteiger partial charge on any atom is 0.162 e. The molecule has 1 atom stereocenters. The van der Waals surface area contributed by atoms with Crippen LogP contribution in [-0.4, -0.2) is 5.11 Å². The summed E-state index contributed by atoms with van der Waals surface area (Å²) in [4.78, 5) is 0. The Morgan fingerprint density at radius 1 is 1.11 bits per heavy atom. The number of hydrogen-bond donors (Lipinski definition) is 1. The molecule has 0 saturated heterocycles. The Kier molecular flexibility index (Phi) is 4.17. The van der Waals surface area contributed by atoms with Crippen molar-refractivity contribution in [3.8, 4) is 11.5 Å². The molecule has 19 heavy (non-hydrogen) atoms. The average molecular weight is 329 g/mol. The van der Waals surface area contributed by atoms with E-state index in [9.17, 15) is 13.9 Å². The molecule has 0 aliphatic heterocycles. The van der Waals surface area contributed by atoms with Crippen LogP contribution in [0.15, 0.2) is 40.9 Å². The molecular formula is C14H11BrF2O2. The zero-order chi connectivity index (χ0) is 14.0. The van der Waals surface area contributed by atoms with E-state index in [2.05, 4.69) is 15.9 Å². The summed E-state index contributed by atoms with van der Waals surface area (Å²) in [5.41, 5.74) is 0.726. The first-order valence-corrected chi connectivity index (χ1v) is 6.37. The molecule has 2 rings (SSSR count). The van der Waals surface area contributed by atoms with Crippen LogP contribution in [0.5, 0.6) is 11.5 Å². The van der Waals surface area contributed by atoms with Crippen LogP contribution in [0.25, 0.3) is 0 Å². The van der Waals surface area contributed by atoms with Gasteiger partial charge in [0.2, 0.25) is 0 Å². The average Bonchev–Trinajstić information content (AvgIpc) is 2.36. The van der Waals surface area contributed by atoms with Gasteiger partial charge in [-0.15, -0.1) is 0 Å². The van der Waals surface area contributed by atoms with Crippen molar-refractivity contribution >= 4 is 15.9 Å². The van der Waals surface area contributed by atoms with Crippen LogP contribution in [0.4, 0.5) is 8.78 Å². The molecule has 5 heteroatoms. The third-order valence-corrected chi connectivity index (χ3v) is 3.18. The number of rotatable bonds is 3. The van der Waals surface area contributed by atoms with Crippen LogP contribution >= 0.6 is 15.9 Å². The summed E-state index contributed by atoms with van der Waals surface area (Å²) in [5, 5.41) is 9.44. The molecule has 0 spiro atoms. The van der Waals surface area contributed by atoms with Crippen LogP contribution in [0, 0.1) is 11.6 Å². The second kappa shape index (κ2) is 5.67. The van der Waals surface area contributed by atoms with Gasteiger partial charge in [0, 0.05) is 6.07 Å². The molecule has 0 unspecified atom stereocenters. The number of ether oxygens (including phenoxy) is 1. The molecule has 0 saturated carbocycles. The molecule has 0 aromatic heterocycles. The van der Waals surface area contributed by atoms with Crippen LogP contribution < -0.4 is 4.74 Å². The second-order valence-corrected chi connectivity index (χ2v) is 4.90. The van der Waals surface area contributed by atoms with E-state index >= 15 is 0 Å². The Bertz CT molecular complexity index is 600. The summed E-state index contributed by atoms with van der Waals surface area (Å²) in [6.45, 7) is 1.65. The number of aliphatic hydroxyl groups is 1. The topological polar surface area (TPSA) is 29.5 Å². The van der Waals surface area contributed by atoms with Gasteiger partial charge in [-0.3, -0.25) is 0 Å². The van der Waals surface area contributed by atoms with Crippen molar-refractivity contribution in [2.45, 2.75) is 13.0 Å². The van der Waals surface area contributed by atoms with Gasteiger partial charge in [-0.1, -0.05) is 6.07 Å². The molecule has 0 aliphatic carbocycles. The van der Waals surface area contributed by atoms with Crippen LogP contribution in [0.3, 0.4) is 0 Å². The van der Waals surface area contributed by atoms with Gasteiger partial charge in [-0.25, -0.2) is 8.78 Å². The van der Waals surface area contributed by atoms with E-state index < -0.39 is 17.7 Å². The number of benzene rings is 2. The standard InChI is InChI=1S/C14H11BrF2O2/c1-8(18)9-2-5-14(11(15)6-9)19-10-3-4-12(16)13(17)7-10/h2-8,18H,1H3/t8-/m1/s1.